The summed E-state index contributed by atoms with van der Waals surface area (Å²) in [7, 11) is -3.60. The maximum Gasteiger partial charge on any atom is 0.238 e. The number of thiazole rings is 1. The molecule has 1 aromatic heterocycles. The first kappa shape index (κ1) is 16.1. The van der Waals surface area contributed by atoms with E-state index in [4.69, 9.17) is 5.14 Å². The molecule has 2 rings (SSSR count). The molecule has 0 fully saturated rings. The van der Waals surface area contributed by atoms with Gasteiger partial charge in [0.2, 0.25) is 10.0 Å². The molecule has 0 saturated heterocycles. The smallest absolute Gasteiger partial charge is 0.238 e. The van der Waals surface area contributed by atoms with E-state index in [1.807, 2.05) is 6.20 Å². The van der Waals surface area contributed by atoms with Gasteiger partial charge in [-0.1, -0.05) is 19.1 Å². The van der Waals surface area contributed by atoms with E-state index in [1.165, 1.54) is 4.88 Å². The van der Waals surface area contributed by atoms with Crippen LogP contribution >= 0.6 is 11.3 Å². The fraction of sp³-hybridized carbons (Fsp3) is 0.357. The molecule has 1 aromatic carbocycles. The third-order valence-electron chi connectivity index (χ3n) is 3.05. The fourth-order valence-electron chi connectivity index (χ4n) is 1.88. The summed E-state index contributed by atoms with van der Waals surface area (Å²) < 4.78 is 22.3. The van der Waals surface area contributed by atoms with Crippen molar-refractivity contribution >= 4 is 21.4 Å². The number of primary sulfonamides is 1. The molecule has 7 heteroatoms. The number of aromatic nitrogens is 1. The van der Waals surface area contributed by atoms with Crippen LogP contribution in [0, 0.1) is 0 Å². The van der Waals surface area contributed by atoms with Crippen molar-refractivity contribution < 1.29 is 8.42 Å². The molecule has 0 spiro atoms. The summed E-state index contributed by atoms with van der Waals surface area (Å²) in [6.07, 6.45) is 3.73. The Bertz CT molecular complexity index is 678. The lowest BCUT2D eigenvalue weighted by atomic mass is 10.1. The van der Waals surface area contributed by atoms with Crippen molar-refractivity contribution in [2.75, 3.05) is 6.54 Å². The molecule has 5 nitrogen and oxygen atoms in total. The van der Waals surface area contributed by atoms with Crippen molar-refractivity contribution in [2.45, 2.75) is 31.2 Å². The van der Waals surface area contributed by atoms with Crippen LogP contribution in [0.5, 0.6) is 0 Å². The van der Waals surface area contributed by atoms with Crippen LogP contribution in [0.15, 0.2) is 35.4 Å². The molecule has 0 unspecified atom stereocenters. The third-order valence-corrected chi connectivity index (χ3v) is 5.12. The topological polar surface area (TPSA) is 85.1 Å². The van der Waals surface area contributed by atoms with Gasteiger partial charge in [-0.25, -0.2) is 18.5 Å². The number of nitrogens with one attached hydrogen (secondary N) is 1. The van der Waals surface area contributed by atoms with Crippen LogP contribution in [-0.4, -0.2) is 19.9 Å². The van der Waals surface area contributed by atoms with E-state index in [1.54, 1.807) is 35.6 Å². The van der Waals surface area contributed by atoms with Gasteiger partial charge in [-0.3, -0.25) is 0 Å². The van der Waals surface area contributed by atoms with E-state index in [9.17, 15) is 8.42 Å². The lowest BCUT2D eigenvalue weighted by Crippen LogP contribution is -2.16. The fourth-order valence-corrected chi connectivity index (χ4v) is 3.23. The van der Waals surface area contributed by atoms with Crippen LogP contribution in [0.4, 0.5) is 0 Å². The summed E-state index contributed by atoms with van der Waals surface area (Å²) in [4.78, 5) is 5.70. The minimum absolute atomic E-state index is 0.149. The molecule has 0 atom stereocenters. The zero-order chi connectivity index (χ0) is 15.3. The van der Waals surface area contributed by atoms with E-state index in [-0.39, 0.29) is 4.90 Å². The van der Waals surface area contributed by atoms with Crippen molar-refractivity contribution in [1.82, 2.24) is 10.3 Å². The predicted octanol–water partition coefficient (Wildman–Crippen LogP) is 1.69. The highest BCUT2D eigenvalue weighted by molar-refractivity contribution is 7.89. The average molecular weight is 325 g/mol. The summed E-state index contributed by atoms with van der Waals surface area (Å²) in [5.41, 5.74) is 1.08. The Morgan fingerprint density at radius 1 is 1.29 bits per heavy atom. The van der Waals surface area contributed by atoms with E-state index >= 15 is 0 Å². The van der Waals surface area contributed by atoms with Crippen LogP contribution in [0.2, 0.25) is 0 Å². The van der Waals surface area contributed by atoms with Gasteiger partial charge in [-0.2, -0.15) is 0 Å². The molecular weight excluding hydrogens is 306 g/mol. The normalized spacial score (nSPS) is 11.7. The largest absolute Gasteiger partial charge is 0.311 e. The Morgan fingerprint density at radius 2 is 2.00 bits per heavy atom. The highest BCUT2D eigenvalue weighted by Crippen LogP contribution is 2.13. The molecule has 0 bridgehead atoms. The number of sulfonamides is 1. The second-order valence-corrected chi connectivity index (χ2v) is 7.45. The number of nitrogens with zero attached hydrogens (tertiary/aromatic N) is 1. The van der Waals surface area contributed by atoms with Crippen molar-refractivity contribution in [2.24, 2.45) is 5.14 Å². The molecule has 0 amide bonds. The number of hydrogen-bond donors (Lipinski definition) is 2. The number of nitrogens with two attached hydrogens (primary N) is 1. The van der Waals surface area contributed by atoms with Gasteiger partial charge in [0.25, 0.3) is 0 Å². The Morgan fingerprint density at radius 3 is 2.57 bits per heavy atom. The Hall–Kier alpha value is -1.28. The molecule has 0 radical (unpaired) electrons. The highest BCUT2D eigenvalue weighted by atomic mass is 32.2. The zero-order valence-corrected chi connectivity index (χ0v) is 13.5. The zero-order valence-electron chi connectivity index (χ0n) is 11.9. The minimum atomic E-state index is -3.60. The van der Waals surface area contributed by atoms with Crippen LogP contribution in [0.25, 0.3) is 0 Å². The molecule has 0 saturated carbocycles. The second kappa shape index (κ2) is 7.13. The lowest BCUT2D eigenvalue weighted by molar-refractivity contribution is 0.597. The average Bonchev–Trinajstić information content (AvgIpc) is 2.91. The Balaban J connectivity index is 1.78. The number of hydrogen-bond acceptors (Lipinski definition) is 5. The first-order valence-corrected chi connectivity index (χ1v) is 9.11. The SMILES string of the molecule is CCc1ncc(CNCCc2ccc(S(N)(=O)=O)cc2)s1. The van der Waals surface area contributed by atoms with Crippen LogP contribution < -0.4 is 10.5 Å². The first-order valence-electron chi connectivity index (χ1n) is 6.75. The monoisotopic (exact) mass is 325 g/mol. The van der Waals surface area contributed by atoms with Crippen molar-refractivity contribution in [3.63, 3.8) is 0 Å². The van der Waals surface area contributed by atoms with Gasteiger partial charge >= 0.3 is 0 Å². The maximum absolute atomic E-state index is 11.1. The molecule has 0 aliphatic carbocycles. The molecule has 114 valence electrons. The minimum Gasteiger partial charge on any atom is -0.311 e. The van der Waals surface area contributed by atoms with E-state index in [0.29, 0.717) is 0 Å². The molecule has 0 aliphatic rings. The van der Waals surface area contributed by atoms with Gasteiger partial charge in [0, 0.05) is 17.6 Å². The molecule has 3 N–H and O–H groups in total. The molecule has 0 aliphatic heterocycles. The van der Waals surface area contributed by atoms with Gasteiger partial charge in [0.1, 0.15) is 0 Å². The number of benzene rings is 1. The molecule has 21 heavy (non-hydrogen) atoms. The van der Waals surface area contributed by atoms with Crippen molar-refractivity contribution in [3.8, 4) is 0 Å². The molecular formula is C14H19N3O2S2. The summed E-state index contributed by atoms with van der Waals surface area (Å²) in [5, 5.41) is 9.58. The predicted molar refractivity (Wildman–Crippen MR) is 84.7 cm³/mol. The number of rotatable bonds is 7. The van der Waals surface area contributed by atoms with E-state index in [2.05, 4.69) is 17.2 Å². The van der Waals surface area contributed by atoms with Crippen molar-refractivity contribution in [3.05, 3.63) is 45.9 Å². The van der Waals surface area contributed by atoms with E-state index in [0.717, 1.165) is 36.5 Å². The number of aryl methyl sites for hydroxylation is 1. The van der Waals surface area contributed by atoms with Crippen LogP contribution in [-0.2, 0) is 29.4 Å². The first-order chi connectivity index (χ1) is 9.99. The van der Waals surface area contributed by atoms with Gasteiger partial charge in [-0.05, 0) is 37.1 Å². The molecule has 1 heterocycles. The van der Waals surface area contributed by atoms with Crippen molar-refractivity contribution in [1.29, 1.82) is 0 Å². The summed E-state index contributed by atoms with van der Waals surface area (Å²) in [6.45, 7) is 3.74. The van der Waals surface area contributed by atoms with Gasteiger partial charge < -0.3 is 5.32 Å². The Kier molecular flexibility index (Phi) is 5.46. The van der Waals surface area contributed by atoms with Gasteiger partial charge in [0.05, 0.1) is 9.90 Å². The summed E-state index contributed by atoms with van der Waals surface area (Å²) >= 11 is 1.73. The summed E-state index contributed by atoms with van der Waals surface area (Å²) in [6, 6.07) is 6.68. The van der Waals surface area contributed by atoms with E-state index < -0.39 is 10.0 Å². The molecule has 2 aromatic rings. The van der Waals surface area contributed by atoms with Gasteiger partial charge in [0.15, 0.2) is 0 Å². The summed E-state index contributed by atoms with van der Waals surface area (Å²) in [5.74, 6) is 0. The van der Waals surface area contributed by atoms with Gasteiger partial charge in [-0.15, -0.1) is 11.3 Å². The van der Waals surface area contributed by atoms with Crippen LogP contribution in [0.1, 0.15) is 22.4 Å². The second-order valence-electron chi connectivity index (χ2n) is 4.69. The third kappa shape index (κ3) is 4.89. The highest BCUT2D eigenvalue weighted by Gasteiger charge is 2.06. The quantitative estimate of drug-likeness (QED) is 0.759. The standard InChI is InChI=1S/C14H19N3O2S2/c1-2-14-17-10-12(20-14)9-16-8-7-11-3-5-13(6-4-11)21(15,18)19/h3-6,10,16H,2,7-9H2,1H3,(H2,15,18,19). The Labute approximate surface area is 129 Å². The maximum atomic E-state index is 11.1. The lowest BCUT2D eigenvalue weighted by Gasteiger charge is -2.04. The van der Waals surface area contributed by atoms with Crippen LogP contribution in [0.3, 0.4) is 0 Å².